The van der Waals surface area contributed by atoms with Gasteiger partial charge in [0, 0.05) is 28.2 Å². The Morgan fingerprint density at radius 1 is 1.03 bits per heavy atom. The highest BCUT2D eigenvalue weighted by Crippen LogP contribution is 2.28. The van der Waals surface area contributed by atoms with Crippen LogP contribution >= 0.6 is 11.6 Å². The summed E-state index contributed by atoms with van der Waals surface area (Å²) in [5.41, 5.74) is 2.09. The number of rotatable bonds is 5. The van der Waals surface area contributed by atoms with Crippen molar-refractivity contribution < 1.29 is 14.3 Å². The number of hydrogen-bond donors (Lipinski definition) is 1. The van der Waals surface area contributed by atoms with Crippen LogP contribution in [0.2, 0.25) is 5.02 Å². The number of carbonyl (C=O) groups is 2. The Balaban J connectivity index is 1.60. The minimum atomic E-state index is -0.163. The second-order valence-corrected chi connectivity index (χ2v) is 8.94. The lowest BCUT2D eigenvalue weighted by molar-refractivity contribution is -0.121. The molecule has 6 heteroatoms. The zero-order valence-corrected chi connectivity index (χ0v) is 19.2. The van der Waals surface area contributed by atoms with Crippen LogP contribution in [0.15, 0.2) is 48.7 Å². The molecule has 0 bridgehead atoms. The van der Waals surface area contributed by atoms with E-state index in [0.29, 0.717) is 16.3 Å². The second kappa shape index (κ2) is 10.2. The Morgan fingerprint density at radius 2 is 1.72 bits per heavy atom. The van der Waals surface area contributed by atoms with Crippen molar-refractivity contribution in [3.8, 4) is 5.75 Å². The van der Waals surface area contributed by atoms with E-state index in [1.807, 2.05) is 18.2 Å². The number of nitrogens with one attached hydrogen (secondary N) is 1. The van der Waals surface area contributed by atoms with Crippen molar-refractivity contribution in [1.29, 1.82) is 0 Å². The topological polar surface area (TPSA) is 60.3 Å². The monoisotopic (exact) mass is 452 g/mol. The lowest BCUT2D eigenvalue weighted by Gasteiger charge is -2.21. The molecule has 2 aromatic carbocycles. The number of aromatic nitrogens is 1. The molecule has 1 N–H and O–H groups in total. The van der Waals surface area contributed by atoms with Crippen LogP contribution in [0.5, 0.6) is 5.75 Å². The maximum absolute atomic E-state index is 13.2. The van der Waals surface area contributed by atoms with Gasteiger partial charge in [0.05, 0.1) is 19.0 Å². The quantitative estimate of drug-likeness (QED) is 0.535. The number of fused-ring (bicyclic) bond motifs is 1. The first-order valence-corrected chi connectivity index (χ1v) is 11.7. The van der Waals surface area contributed by atoms with Gasteiger partial charge in [-0.05, 0) is 60.9 Å². The highest BCUT2D eigenvalue weighted by atomic mass is 35.5. The molecule has 1 fully saturated rings. The lowest BCUT2D eigenvalue weighted by Crippen LogP contribution is -2.36. The summed E-state index contributed by atoms with van der Waals surface area (Å²) >= 11 is 5.97. The van der Waals surface area contributed by atoms with Crippen molar-refractivity contribution in [2.75, 3.05) is 7.11 Å². The van der Waals surface area contributed by atoms with Crippen LogP contribution in [0.3, 0.4) is 0 Å². The lowest BCUT2D eigenvalue weighted by atomic mass is 9.96. The van der Waals surface area contributed by atoms with Gasteiger partial charge in [-0.3, -0.25) is 14.2 Å². The molecule has 0 unspecified atom stereocenters. The molecule has 1 aromatic heterocycles. The normalized spacial score (nSPS) is 15.2. The Bertz CT molecular complexity index is 1100. The van der Waals surface area contributed by atoms with E-state index in [-0.39, 0.29) is 24.3 Å². The van der Waals surface area contributed by atoms with Gasteiger partial charge in [-0.15, -0.1) is 0 Å². The molecule has 1 aliphatic carbocycles. The largest absolute Gasteiger partial charge is 0.497 e. The fraction of sp³-hybridized carbons (Fsp3) is 0.385. The maximum atomic E-state index is 13.2. The van der Waals surface area contributed by atoms with E-state index in [1.165, 1.54) is 19.3 Å². The summed E-state index contributed by atoms with van der Waals surface area (Å²) in [7, 11) is 1.61. The predicted octanol–water partition coefficient (Wildman–Crippen LogP) is 5.76. The minimum Gasteiger partial charge on any atom is -0.497 e. The van der Waals surface area contributed by atoms with Crippen LogP contribution in [0.1, 0.15) is 60.9 Å². The van der Waals surface area contributed by atoms with E-state index in [1.54, 1.807) is 42.1 Å². The molecule has 1 saturated carbocycles. The third kappa shape index (κ3) is 5.16. The van der Waals surface area contributed by atoms with Crippen LogP contribution in [-0.4, -0.2) is 29.5 Å². The summed E-state index contributed by atoms with van der Waals surface area (Å²) in [6.07, 6.45) is 10.2. The molecule has 4 rings (SSSR count). The number of nitrogens with zero attached hydrogens (tertiary/aromatic N) is 1. The van der Waals surface area contributed by atoms with Crippen LogP contribution in [-0.2, 0) is 11.2 Å². The number of halogens is 1. The third-order valence-corrected chi connectivity index (χ3v) is 6.48. The highest BCUT2D eigenvalue weighted by Gasteiger charge is 2.20. The highest BCUT2D eigenvalue weighted by molar-refractivity contribution is 6.30. The van der Waals surface area contributed by atoms with Gasteiger partial charge in [0.15, 0.2) is 0 Å². The van der Waals surface area contributed by atoms with Crippen LogP contribution in [0.4, 0.5) is 0 Å². The fourth-order valence-electron chi connectivity index (χ4n) is 4.50. The molecule has 5 nitrogen and oxygen atoms in total. The number of carbonyl (C=O) groups excluding carboxylic acids is 2. The molecule has 0 radical (unpaired) electrons. The third-order valence-electron chi connectivity index (χ3n) is 6.23. The van der Waals surface area contributed by atoms with Crippen molar-refractivity contribution in [1.82, 2.24) is 9.88 Å². The Labute approximate surface area is 193 Å². The second-order valence-electron chi connectivity index (χ2n) is 8.51. The Hall–Kier alpha value is -2.79. The summed E-state index contributed by atoms with van der Waals surface area (Å²) in [4.78, 5) is 26.1. The zero-order chi connectivity index (χ0) is 22.5. The first-order chi connectivity index (χ1) is 15.5. The molecule has 0 atom stereocenters. The number of ether oxygens (including phenoxy) is 1. The first-order valence-electron chi connectivity index (χ1n) is 11.3. The Morgan fingerprint density at radius 3 is 2.41 bits per heavy atom. The van der Waals surface area contributed by atoms with Gasteiger partial charge in [-0.25, -0.2) is 0 Å². The van der Waals surface area contributed by atoms with Crippen molar-refractivity contribution in [2.45, 2.75) is 57.4 Å². The average Bonchev–Trinajstić information content (AvgIpc) is 3.13. The van der Waals surface area contributed by atoms with Crippen molar-refractivity contribution in [3.05, 3.63) is 64.8 Å². The molecule has 1 heterocycles. The number of hydrogen-bond acceptors (Lipinski definition) is 3. The molecule has 0 aliphatic heterocycles. The summed E-state index contributed by atoms with van der Waals surface area (Å²) in [5, 5.41) is 4.65. The average molecular weight is 453 g/mol. The van der Waals surface area contributed by atoms with E-state index >= 15 is 0 Å². The zero-order valence-electron chi connectivity index (χ0n) is 18.4. The molecule has 3 aromatic rings. The molecule has 168 valence electrons. The summed E-state index contributed by atoms with van der Waals surface area (Å²) in [6, 6.07) is 12.6. The predicted molar refractivity (Wildman–Crippen MR) is 128 cm³/mol. The molecule has 32 heavy (non-hydrogen) atoms. The van der Waals surface area contributed by atoms with Crippen LogP contribution < -0.4 is 10.1 Å². The standard InChI is InChI=1S/C26H29ClN2O3/c1-32-22-13-14-24-23(16-22)19(15-25(30)28-21-7-5-3-2-4-6-8-21)17-29(24)26(31)18-9-11-20(27)12-10-18/h9-14,16-17,21H,2-8,15H2,1H3,(H,28,30). The van der Waals surface area contributed by atoms with E-state index in [2.05, 4.69) is 5.32 Å². The number of benzene rings is 2. The van der Waals surface area contributed by atoms with Crippen LogP contribution in [0.25, 0.3) is 10.9 Å². The van der Waals surface area contributed by atoms with Gasteiger partial charge >= 0.3 is 0 Å². The smallest absolute Gasteiger partial charge is 0.262 e. The maximum Gasteiger partial charge on any atom is 0.262 e. The van der Waals surface area contributed by atoms with E-state index in [4.69, 9.17) is 16.3 Å². The molecule has 1 aliphatic rings. The molecule has 0 saturated heterocycles. The summed E-state index contributed by atoms with van der Waals surface area (Å²) in [6.45, 7) is 0. The summed E-state index contributed by atoms with van der Waals surface area (Å²) < 4.78 is 7.00. The number of methoxy groups -OCH3 is 1. The van der Waals surface area contributed by atoms with Gasteiger partial charge in [0.25, 0.3) is 5.91 Å². The molecular formula is C26H29ClN2O3. The SMILES string of the molecule is COc1ccc2c(c1)c(CC(=O)NC1CCCCCCC1)cn2C(=O)c1ccc(Cl)cc1. The molecule has 0 spiro atoms. The van der Waals surface area contributed by atoms with Crippen LogP contribution in [0, 0.1) is 0 Å². The van der Waals surface area contributed by atoms with Gasteiger partial charge in [-0.2, -0.15) is 0 Å². The molecular weight excluding hydrogens is 424 g/mol. The van der Waals surface area contributed by atoms with Crippen molar-refractivity contribution in [2.24, 2.45) is 0 Å². The van der Waals surface area contributed by atoms with E-state index < -0.39 is 0 Å². The summed E-state index contributed by atoms with van der Waals surface area (Å²) in [5.74, 6) is 0.524. The number of amides is 1. The van der Waals surface area contributed by atoms with Crippen molar-refractivity contribution in [3.63, 3.8) is 0 Å². The minimum absolute atomic E-state index is 0.00335. The first kappa shape index (κ1) is 22.4. The van der Waals surface area contributed by atoms with Crippen molar-refractivity contribution >= 4 is 34.3 Å². The van der Waals surface area contributed by atoms with E-state index in [0.717, 1.165) is 42.1 Å². The van der Waals surface area contributed by atoms with Gasteiger partial charge in [0.2, 0.25) is 5.91 Å². The van der Waals surface area contributed by atoms with Gasteiger partial charge in [-0.1, -0.05) is 43.7 Å². The fourth-order valence-corrected chi connectivity index (χ4v) is 4.62. The van der Waals surface area contributed by atoms with Gasteiger partial charge in [0.1, 0.15) is 5.75 Å². The Kier molecular flexibility index (Phi) is 7.15. The van der Waals surface area contributed by atoms with Gasteiger partial charge < -0.3 is 10.1 Å². The van der Waals surface area contributed by atoms with E-state index in [9.17, 15) is 9.59 Å². The molecule has 1 amide bonds.